The molecule has 0 aromatic carbocycles. The molecular formula is C16H32O5Si. The molecule has 0 saturated heterocycles. The van der Waals surface area contributed by atoms with E-state index in [-0.39, 0.29) is 12.6 Å². The molecule has 0 unspecified atom stereocenters. The Morgan fingerprint density at radius 2 is 1.41 bits per heavy atom. The predicted octanol–water partition coefficient (Wildman–Crippen LogP) is 2.12. The van der Waals surface area contributed by atoms with E-state index >= 15 is 0 Å². The molecule has 0 saturated carbocycles. The minimum absolute atomic E-state index is 0.218. The third-order valence-electron chi connectivity index (χ3n) is 2.97. The first-order valence-corrected chi connectivity index (χ1v) is 9.27. The van der Waals surface area contributed by atoms with Crippen molar-refractivity contribution in [3.8, 4) is 0 Å². The van der Waals surface area contributed by atoms with E-state index in [0.29, 0.717) is 36.5 Å². The number of esters is 1. The van der Waals surface area contributed by atoms with Crippen LogP contribution in [0.25, 0.3) is 0 Å². The molecular weight excluding hydrogens is 300 g/mol. The van der Waals surface area contributed by atoms with Crippen molar-refractivity contribution in [1.29, 1.82) is 0 Å². The van der Waals surface area contributed by atoms with Gasteiger partial charge in [-0.25, -0.2) is 4.79 Å². The molecule has 0 aliphatic rings. The third kappa shape index (κ3) is 8.68. The lowest BCUT2D eigenvalue weighted by atomic mass is 10.3. The largest absolute Gasteiger partial charge is 0.462 e. The van der Waals surface area contributed by atoms with Crippen molar-refractivity contribution in [3.63, 3.8) is 0 Å². The lowest BCUT2D eigenvalue weighted by molar-refractivity contribution is -0.385. The molecule has 0 bridgehead atoms. The minimum Gasteiger partial charge on any atom is -0.462 e. The van der Waals surface area contributed by atoms with Crippen molar-refractivity contribution < 1.29 is 23.7 Å². The summed E-state index contributed by atoms with van der Waals surface area (Å²) < 4.78 is 22.7. The third-order valence-corrected chi connectivity index (χ3v) is 3.96. The Morgan fingerprint density at radius 1 is 0.955 bits per heavy atom. The highest BCUT2D eigenvalue weighted by Gasteiger charge is 2.33. The zero-order chi connectivity index (χ0) is 16.8. The molecule has 0 amide bonds. The molecule has 0 spiro atoms. The molecule has 0 rings (SSSR count). The summed E-state index contributed by atoms with van der Waals surface area (Å²) in [7, 11) is 0.678. The number of carbonyl (C=O) groups excluding carboxylic acids is 1. The fourth-order valence-electron chi connectivity index (χ4n) is 1.61. The molecule has 0 radical (unpaired) electrons. The Hall–Kier alpha value is -0.693. The molecule has 0 atom stereocenters. The zero-order valence-corrected chi connectivity index (χ0v) is 16.8. The van der Waals surface area contributed by atoms with Crippen LogP contribution in [0, 0.1) is 0 Å². The van der Waals surface area contributed by atoms with Gasteiger partial charge in [0.1, 0.15) is 0 Å². The smallest absolute Gasteiger partial charge is 0.328 e. The van der Waals surface area contributed by atoms with E-state index in [9.17, 15) is 4.79 Å². The van der Waals surface area contributed by atoms with E-state index in [2.05, 4.69) is 0 Å². The van der Waals surface area contributed by atoms with Crippen LogP contribution in [0.2, 0.25) is 0 Å². The normalized spacial score (nSPS) is 12.6. The number of ether oxygens (including phenoxy) is 4. The van der Waals surface area contributed by atoms with Crippen molar-refractivity contribution in [3.05, 3.63) is 11.3 Å². The lowest BCUT2D eigenvalue weighted by Gasteiger charge is -2.33. The zero-order valence-electron chi connectivity index (χ0n) is 14.8. The Kier molecular flexibility index (Phi) is 12.4. The first-order valence-electron chi connectivity index (χ1n) is 8.27. The van der Waals surface area contributed by atoms with Crippen LogP contribution in [0.3, 0.4) is 0 Å². The van der Waals surface area contributed by atoms with Gasteiger partial charge < -0.3 is 18.9 Å². The van der Waals surface area contributed by atoms with E-state index in [1.165, 1.54) is 0 Å². The molecule has 0 fully saturated rings. The summed E-state index contributed by atoms with van der Waals surface area (Å²) in [5.41, 5.74) is 0. The Bertz CT molecular complexity index is 309. The van der Waals surface area contributed by atoms with Crippen LogP contribution < -0.4 is 0 Å². The minimum atomic E-state index is -1.11. The number of hydrogen-bond donors (Lipinski definition) is 0. The summed E-state index contributed by atoms with van der Waals surface area (Å²) in [5.74, 6) is -1.37. The molecule has 22 heavy (non-hydrogen) atoms. The summed E-state index contributed by atoms with van der Waals surface area (Å²) >= 11 is 0. The van der Waals surface area contributed by atoms with Gasteiger partial charge in [0.2, 0.25) is 0 Å². The summed E-state index contributed by atoms with van der Waals surface area (Å²) in [4.78, 5) is 11.7. The van der Waals surface area contributed by atoms with E-state index in [1.807, 2.05) is 27.7 Å². The van der Waals surface area contributed by atoms with Crippen molar-refractivity contribution in [2.75, 3.05) is 26.4 Å². The second kappa shape index (κ2) is 12.8. The molecule has 0 heterocycles. The molecule has 0 aliphatic carbocycles. The maximum Gasteiger partial charge on any atom is 0.328 e. The van der Waals surface area contributed by atoms with Crippen LogP contribution in [0.1, 0.15) is 53.4 Å². The molecule has 0 aromatic heterocycles. The first-order chi connectivity index (χ1) is 10.5. The van der Waals surface area contributed by atoms with Gasteiger partial charge >= 0.3 is 5.97 Å². The maximum atomic E-state index is 11.7. The van der Waals surface area contributed by atoms with E-state index in [0.717, 1.165) is 24.5 Å². The molecule has 130 valence electrons. The average Bonchev–Trinajstić information content (AvgIpc) is 2.54. The fraction of sp³-hybridized carbons (Fsp3) is 0.812. The van der Waals surface area contributed by atoms with Gasteiger partial charge in [-0.1, -0.05) is 26.8 Å². The van der Waals surface area contributed by atoms with Gasteiger partial charge in [-0.3, -0.25) is 0 Å². The van der Waals surface area contributed by atoms with Crippen LogP contribution in [0.5, 0.6) is 0 Å². The van der Waals surface area contributed by atoms with Gasteiger partial charge in [0.15, 0.2) is 0 Å². The molecule has 5 nitrogen and oxygen atoms in total. The topological polar surface area (TPSA) is 54.0 Å². The Labute approximate surface area is 137 Å². The van der Waals surface area contributed by atoms with Gasteiger partial charge in [0, 0.05) is 15.4 Å². The molecule has 6 heteroatoms. The maximum absolute atomic E-state index is 11.7. The Balaban J connectivity index is 4.67. The van der Waals surface area contributed by atoms with Gasteiger partial charge in [0.05, 0.1) is 32.8 Å². The molecule has 0 N–H and O–H groups in total. The van der Waals surface area contributed by atoms with E-state index < -0.39 is 5.97 Å². The predicted molar refractivity (Wildman–Crippen MR) is 90.7 cm³/mol. The van der Waals surface area contributed by atoms with E-state index in [1.54, 1.807) is 6.08 Å². The van der Waals surface area contributed by atoms with Crippen molar-refractivity contribution >= 4 is 16.2 Å². The number of allylic oxidation sites excluding steroid dienone is 1. The van der Waals surface area contributed by atoms with Crippen LogP contribution in [0.4, 0.5) is 0 Å². The number of rotatable bonds is 13. The highest BCUT2D eigenvalue weighted by molar-refractivity contribution is 6.35. The van der Waals surface area contributed by atoms with Gasteiger partial charge in [0.25, 0.3) is 5.97 Å². The monoisotopic (exact) mass is 332 g/mol. The highest BCUT2D eigenvalue weighted by atomic mass is 28.1. The fourth-order valence-corrected chi connectivity index (χ4v) is 1.76. The van der Waals surface area contributed by atoms with Crippen LogP contribution in [-0.4, -0.2) is 48.6 Å². The lowest BCUT2D eigenvalue weighted by Crippen LogP contribution is -2.41. The SMILES string of the molecule is CC=C([SiH3])C(=O)OCCC(OCCC)(OCCC)OCCC. The second-order valence-electron chi connectivity index (χ2n) is 5.09. The van der Waals surface area contributed by atoms with Crippen LogP contribution >= 0.6 is 0 Å². The van der Waals surface area contributed by atoms with Gasteiger partial charge in [-0.15, -0.1) is 0 Å². The van der Waals surface area contributed by atoms with Gasteiger partial charge in [-0.2, -0.15) is 0 Å². The van der Waals surface area contributed by atoms with Crippen LogP contribution in [0.15, 0.2) is 11.3 Å². The first kappa shape index (κ1) is 21.3. The average molecular weight is 333 g/mol. The molecule has 0 aliphatic heterocycles. The van der Waals surface area contributed by atoms with Gasteiger partial charge in [-0.05, 0) is 26.2 Å². The van der Waals surface area contributed by atoms with Crippen molar-refractivity contribution in [2.45, 2.75) is 59.4 Å². The number of hydrogen-bond acceptors (Lipinski definition) is 5. The van der Waals surface area contributed by atoms with Crippen LogP contribution in [-0.2, 0) is 23.7 Å². The summed E-state index contributed by atoms with van der Waals surface area (Å²) in [6.07, 6.45) is 4.77. The Morgan fingerprint density at radius 3 is 1.77 bits per heavy atom. The summed E-state index contributed by atoms with van der Waals surface area (Å²) in [5, 5.41) is 0.726. The standard InChI is InChI=1S/C16H32O5Si/c1-5-10-19-16(20-11-6-2,21-12-7-3)9-13-18-15(17)14(22)8-4/h8H,5-7,9-13H2,1-4,22H3. The summed E-state index contributed by atoms with van der Waals surface area (Å²) in [6.45, 7) is 9.79. The highest BCUT2D eigenvalue weighted by Crippen LogP contribution is 2.22. The summed E-state index contributed by atoms with van der Waals surface area (Å²) in [6, 6.07) is 0. The molecule has 0 aromatic rings. The van der Waals surface area contributed by atoms with E-state index in [4.69, 9.17) is 18.9 Å². The quantitative estimate of drug-likeness (QED) is 0.224. The van der Waals surface area contributed by atoms with Crippen molar-refractivity contribution in [1.82, 2.24) is 0 Å². The number of carbonyl (C=O) groups is 1. The van der Waals surface area contributed by atoms with Crippen molar-refractivity contribution in [2.24, 2.45) is 0 Å². The second-order valence-corrected chi connectivity index (χ2v) is 6.16.